The first kappa shape index (κ1) is 14.5. The summed E-state index contributed by atoms with van der Waals surface area (Å²) in [7, 11) is 3.59. The Morgan fingerprint density at radius 3 is 2.59 bits per heavy atom. The maximum absolute atomic E-state index is 14.1. The van der Waals surface area contributed by atoms with Gasteiger partial charge in [-0.25, -0.2) is 9.18 Å². The number of hydrogen-bond donors (Lipinski definition) is 0. The molecule has 1 heterocycles. The summed E-state index contributed by atoms with van der Waals surface area (Å²) in [6.45, 7) is 0. The summed E-state index contributed by atoms with van der Waals surface area (Å²) < 4.78 is 15.4. The minimum Gasteiger partial charge on any atom is -0.362 e. The van der Waals surface area contributed by atoms with E-state index in [4.69, 9.17) is 11.6 Å². The van der Waals surface area contributed by atoms with Crippen LogP contribution in [0.4, 0.5) is 10.2 Å². The Morgan fingerprint density at radius 2 is 1.91 bits per heavy atom. The second-order valence-electron chi connectivity index (χ2n) is 5.06. The Morgan fingerprint density at radius 1 is 1.18 bits per heavy atom. The third kappa shape index (κ3) is 2.33. The molecule has 0 aliphatic rings. The highest BCUT2D eigenvalue weighted by Gasteiger charge is 2.15. The van der Waals surface area contributed by atoms with Crippen LogP contribution in [0.15, 0.2) is 47.3 Å². The predicted octanol–water partition coefficient (Wildman–Crippen LogP) is 3.24. The second kappa shape index (κ2) is 5.42. The Bertz CT molecular complexity index is 921. The fraction of sp³-hybridized carbons (Fsp3) is 0.125. The van der Waals surface area contributed by atoms with Crippen molar-refractivity contribution in [1.82, 2.24) is 9.55 Å². The maximum Gasteiger partial charge on any atom is 0.354 e. The normalized spacial score (nSPS) is 10.9. The first-order valence-corrected chi connectivity index (χ1v) is 7.01. The van der Waals surface area contributed by atoms with E-state index in [2.05, 4.69) is 4.98 Å². The Labute approximate surface area is 131 Å². The molecular weight excluding hydrogens is 305 g/mol. The summed E-state index contributed by atoms with van der Waals surface area (Å²) in [5.41, 5.74) is 0.113. The zero-order valence-electron chi connectivity index (χ0n) is 12.0. The lowest BCUT2D eigenvalue weighted by Gasteiger charge is -2.17. The molecule has 0 amide bonds. The van der Waals surface area contributed by atoms with Crippen LogP contribution in [0.5, 0.6) is 0 Å². The number of para-hydroxylation sites is 1. The van der Waals surface area contributed by atoms with Gasteiger partial charge in [0.1, 0.15) is 11.6 Å². The molecule has 0 bridgehead atoms. The second-order valence-corrected chi connectivity index (χ2v) is 5.50. The number of aromatic nitrogens is 2. The van der Waals surface area contributed by atoms with Crippen molar-refractivity contribution in [1.29, 1.82) is 0 Å². The van der Waals surface area contributed by atoms with Crippen molar-refractivity contribution in [2.24, 2.45) is 0 Å². The van der Waals surface area contributed by atoms with Crippen LogP contribution < -0.4 is 10.6 Å². The van der Waals surface area contributed by atoms with Crippen LogP contribution in [0, 0.1) is 5.82 Å². The molecule has 0 N–H and O–H groups in total. The smallest absolute Gasteiger partial charge is 0.354 e. The maximum atomic E-state index is 14.1. The van der Waals surface area contributed by atoms with Crippen molar-refractivity contribution < 1.29 is 4.39 Å². The van der Waals surface area contributed by atoms with Crippen molar-refractivity contribution in [2.75, 3.05) is 19.0 Å². The monoisotopic (exact) mass is 317 g/mol. The molecule has 0 saturated heterocycles. The van der Waals surface area contributed by atoms with Crippen LogP contribution >= 0.6 is 11.6 Å². The molecule has 6 heteroatoms. The van der Waals surface area contributed by atoms with Gasteiger partial charge in [0.25, 0.3) is 0 Å². The van der Waals surface area contributed by atoms with Gasteiger partial charge in [-0.1, -0.05) is 23.7 Å². The van der Waals surface area contributed by atoms with Crippen molar-refractivity contribution in [2.45, 2.75) is 0 Å². The van der Waals surface area contributed by atoms with Gasteiger partial charge in [0.15, 0.2) is 0 Å². The highest BCUT2D eigenvalue weighted by molar-refractivity contribution is 6.31. The van der Waals surface area contributed by atoms with Gasteiger partial charge in [-0.2, -0.15) is 4.98 Å². The fourth-order valence-corrected chi connectivity index (χ4v) is 2.56. The summed E-state index contributed by atoms with van der Waals surface area (Å²) >= 11 is 6.06. The van der Waals surface area contributed by atoms with E-state index >= 15 is 0 Å². The van der Waals surface area contributed by atoms with Gasteiger partial charge in [-0.05, 0) is 30.3 Å². The number of benzene rings is 2. The van der Waals surface area contributed by atoms with E-state index in [1.54, 1.807) is 49.3 Å². The number of rotatable bonds is 2. The fourth-order valence-electron chi connectivity index (χ4n) is 2.39. The topological polar surface area (TPSA) is 38.1 Å². The van der Waals surface area contributed by atoms with Crippen LogP contribution in [0.1, 0.15) is 0 Å². The predicted molar refractivity (Wildman–Crippen MR) is 86.6 cm³/mol. The average molecular weight is 318 g/mol. The summed E-state index contributed by atoms with van der Waals surface area (Å²) in [5, 5.41) is 1.19. The molecule has 4 nitrogen and oxygen atoms in total. The number of halogens is 2. The van der Waals surface area contributed by atoms with Crippen LogP contribution in [0.3, 0.4) is 0 Å². The first-order valence-electron chi connectivity index (χ1n) is 6.63. The van der Waals surface area contributed by atoms with E-state index in [9.17, 15) is 9.18 Å². The lowest BCUT2D eigenvalue weighted by Crippen LogP contribution is -2.26. The molecule has 0 unspecified atom stereocenters. The Balaban J connectivity index is 2.48. The van der Waals surface area contributed by atoms with E-state index in [1.807, 2.05) is 0 Å². The molecular formula is C16H13ClFN3O. The van der Waals surface area contributed by atoms with Crippen LogP contribution in [-0.2, 0) is 0 Å². The quantitative estimate of drug-likeness (QED) is 0.728. The zero-order valence-corrected chi connectivity index (χ0v) is 12.8. The van der Waals surface area contributed by atoms with Crippen molar-refractivity contribution in [3.05, 3.63) is 63.8 Å². The standard InChI is InChI=1S/C16H13ClFN3O/c1-20(2)15-11-8-7-10(17)9-14(11)21(16(22)19-15)13-6-4-3-5-12(13)18/h3-9H,1-2H3. The van der Waals surface area contributed by atoms with Crippen LogP contribution in [0.25, 0.3) is 16.6 Å². The van der Waals surface area contributed by atoms with Gasteiger partial charge in [-0.15, -0.1) is 0 Å². The van der Waals surface area contributed by atoms with Gasteiger partial charge in [0.2, 0.25) is 0 Å². The van der Waals surface area contributed by atoms with E-state index < -0.39 is 11.5 Å². The molecule has 3 rings (SSSR count). The van der Waals surface area contributed by atoms with Crippen LogP contribution in [0.2, 0.25) is 5.02 Å². The van der Waals surface area contributed by atoms with Crippen molar-refractivity contribution in [3.8, 4) is 5.69 Å². The molecule has 0 aliphatic heterocycles. The lowest BCUT2D eigenvalue weighted by molar-refractivity contribution is 0.617. The zero-order chi connectivity index (χ0) is 15.9. The van der Waals surface area contributed by atoms with E-state index in [1.165, 1.54) is 16.7 Å². The third-order valence-corrected chi connectivity index (χ3v) is 3.59. The van der Waals surface area contributed by atoms with Gasteiger partial charge in [0.05, 0.1) is 11.2 Å². The minimum absolute atomic E-state index is 0.151. The largest absolute Gasteiger partial charge is 0.362 e. The van der Waals surface area contributed by atoms with E-state index in [0.717, 1.165) is 5.39 Å². The summed E-state index contributed by atoms with van der Waals surface area (Å²) in [5.74, 6) is 0.0227. The molecule has 0 aliphatic carbocycles. The summed E-state index contributed by atoms with van der Waals surface area (Å²) in [4.78, 5) is 18.2. The van der Waals surface area contributed by atoms with Crippen molar-refractivity contribution in [3.63, 3.8) is 0 Å². The highest BCUT2D eigenvalue weighted by Crippen LogP contribution is 2.27. The summed E-state index contributed by atoms with van der Waals surface area (Å²) in [6.07, 6.45) is 0. The number of fused-ring (bicyclic) bond motifs is 1. The third-order valence-electron chi connectivity index (χ3n) is 3.35. The SMILES string of the molecule is CN(C)c1nc(=O)n(-c2ccccc2F)c2cc(Cl)ccc12. The van der Waals surface area contributed by atoms with E-state index in [0.29, 0.717) is 16.4 Å². The molecule has 0 fully saturated rings. The van der Waals surface area contributed by atoms with Gasteiger partial charge in [0, 0.05) is 24.5 Å². The van der Waals surface area contributed by atoms with Crippen LogP contribution in [-0.4, -0.2) is 23.6 Å². The molecule has 22 heavy (non-hydrogen) atoms. The number of nitrogens with zero attached hydrogens (tertiary/aromatic N) is 3. The number of hydrogen-bond acceptors (Lipinski definition) is 3. The molecule has 112 valence electrons. The molecule has 2 aromatic carbocycles. The number of anilines is 1. The molecule has 0 spiro atoms. The Hall–Kier alpha value is -2.40. The first-order chi connectivity index (χ1) is 10.5. The molecule has 1 aromatic heterocycles. The molecule has 0 saturated carbocycles. The van der Waals surface area contributed by atoms with Gasteiger partial charge in [-0.3, -0.25) is 4.57 Å². The molecule has 0 radical (unpaired) electrons. The lowest BCUT2D eigenvalue weighted by atomic mass is 10.2. The van der Waals surface area contributed by atoms with Gasteiger partial charge < -0.3 is 4.90 Å². The van der Waals surface area contributed by atoms with Gasteiger partial charge >= 0.3 is 5.69 Å². The summed E-state index contributed by atoms with van der Waals surface area (Å²) in [6, 6.07) is 11.2. The highest BCUT2D eigenvalue weighted by atomic mass is 35.5. The minimum atomic E-state index is -0.552. The molecule has 3 aromatic rings. The van der Waals surface area contributed by atoms with E-state index in [-0.39, 0.29) is 5.69 Å². The molecule has 0 atom stereocenters. The van der Waals surface area contributed by atoms with Crippen molar-refractivity contribution >= 4 is 28.3 Å². The average Bonchev–Trinajstić information content (AvgIpc) is 2.47. The Kier molecular flexibility index (Phi) is 3.58.